The lowest BCUT2D eigenvalue weighted by Gasteiger charge is -2.31. The molecule has 7 aromatic rings. The van der Waals surface area contributed by atoms with Gasteiger partial charge >= 0.3 is 23.9 Å². The predicted molar refractivity (Wildman–Crippen MR) is 425 cm³/mol. The Kier molecular flexibility index (Phi) is 48.7. The summed E-state index contributed by atoms with van der Waals surface area (Å²) in [6.07, 6.45) is 29.0. The average molecular weight is 1660 g/mol. The maximum absolute atomic E-state index is 13.4. The molecule has 7 aromatic carbocycles. The molecule has 0 aromatic heterocycles. The minimum absolute atomic E-state index is 0.00363. The van der Waals surface area contributed by atoms with Crippen molar-refractivity contribution in [2.24, 2.45) is 5.73 Å². The Hall–Kier alpha value is -12.3. The number of amides is 2. The van der Waals surface area contributed by atoms with Crippen molar-refractivity contribution in [1.82, 2.24) is 20.7 Å². The lowest BCUT2D eigenvalue weighted by Crippen LogP contribution is -2.50. The number of carbonyl (C=O) groups excluding carboxylic acids is 5. The van der Waals surface area contributed by atoms with E-state index in [1.165, 1.54) is 24.3 Å². The maximum Gasteiger partial charge on any atom is 0.344 e. The lowest BCUT2D eigenvalue weighted by atomic mass is 10.0. The second-order valence-electron chi connectivity index (χ2n) is 22.8. The predicted octanol–water partition coefficient (Wildman–Crippen LogP) is 10.7. The number of Topliss-reactive ketones (excluding diaryl/α,β-unsaturated/α-hetero) is 1. The SMILES string of the molecule is C#Cc1ccc(O)cc1.C#Cc1ccc(OCC(=O)NC2CCN(CC(=O)COc3ccc(Cl)c(F)c3)CC2)cc1.C#Cc1ccc(OCC(=O)O)cc1.C#Cc1ccc(OCC(=O)O)cc1.C#Cc1ccc(OCC(=O)OCC)cc1.CC(=O)O.CCOC(=O)CBr.NC1CCN(NC(=O)COc2ccc(Cl)c(F)c2)CC1. The number of phenols is 1. The number of nitrogens with zero attached hydrogens (tertiary/aromatic N) is 2. The van der Waals surface area contributed by atoms with Crippen LogP contribution in [0.15, 0.2) is 158 Å². The third-order valence-electron chi connectivity index (χ3n) is 14.0. The molecule has 0 saturated carbocycles. The number of aromatic hydroxyl groups is 1. The molecule has 9 rings (SSSR count). The fraction of sp³-hybridized carbons (Fsp3) is 0.277. The third-order valence-corrected chi connectivity index (χ3v) is 15.1. The van der Waals surface area contributed by atoms with Crippen molar-refractivity contribution < 1.29 is 105 Å². The Labute approximate surface area is 673 Å². The van der Waals surface area contributed by atoms with Crippen LogP contribution in [0.25, 0.3) is 0 Å². The number of benzene rings is 7. The monoisotopic (exact) mass is 1660 g/mol. The molecule has 2 saturated heterocycles. The van der Waals surface area contributed by atoms with Crippen molar-refractivity contribution in [3.8, 4) is 102 Å². The van der Waals surface area contributed by atoms with Gasteiger partial charge in [0.05, 0.1) is 29.8 Å². The maximum atomic E-state index is 13.4. The van der Waals surface area contributed by atoms with E-state index in [4.69, 9.17) is 119 Å². The van der Waals surface area contributed by atoms with Gasteiger partial charge in [-0.05, 0) is 185 Å². The minimum Gasteiger partial charge on any atom is -0.508 e. The molecule has 2 fully saturated rings. The van der Waals surface area contributed by atoms with Crippen LogP contribution in [0.5, 0.6) is 40.2 Å². The first-order valence-electron chi connectivity index (χ1n) is 34.1. The number of nitrogens with two attached hydrogens (primary N) is 1. The molecule has 113 heavy (non-hydrogen) atoms. The molecular formula is C83H86BrCl2F2N5O20. The number of terminal acetylenes is 5. The number of halogens is 5. The Morgan fingerprint density at radius 2 is 0.814 bits per heavy atom. The van der Waals surface area contributed by atoms with E-state index in [0.29, 0.717) is 54.6 Å². The highest BCUT2D eigenvalue weighted by Crippen LogP contribution is 2.23. The van der Waals surface area contributed by atoms with E-state index in [2.05, 4.69) is 61.0 Å². The van der Waals surface area contributed by atoms with Gasteiger partial charge in [0.25, 0.3) is 17.8 Å². The number of esters is 2. The standard InChI is InChI=1S/C24H24ClFN2O4.C13H17ClFN3O2.C12H12O3.2C10H8O3.C8H6O.C4H7BrO2.C2H4O2/c1-2-17-3-5-20(6-4-17)32-16-24(30)27-18-9-11-28(12-10-18)14-19(29)15-31-21-7-8-22(25)23(26)13-21;14-11-2-1-10(7-12(11)15)20-8-13(19)17-18-5-3-9(16)4-6-18;1-3-10-5-7-11(8-6-10)15-9-12(13)14-4-2;2*1-2-8-3-5-9(6-4-8)13-7-10(11)12;1-2-7-3-5-8(9)6-4-7;1-2-7-4(6)3-5;1-2(3)4/h1,3-8,13,18H,9-12,14-16H2,(H,27,30);1-2,7,9H,3-6,8,16H2,(H,17,19);1,5-8H,4,9H2,2H3;2*1,3-6H,7H2,(H,11,12);1,3-6,9H;2-3H2,1H3;1H3,(H,3,4). The van der Waals surface area contributed by atoms with E-state index in [1.807, 2.05) is 9.91 Å². The molecule has 0 bridgehead atoms. The van der Waals surface area contributed by atoms with Gasteiger partial charge in [-0.2, -0.15) is 0 Å². The minimum atomic E-state index is -0.999. The molecule has 598 valence electrons. The van der Waals surface area contributed by atoms with Gasteiger partial charge in [0.2, 0.25) is 0 Å². The number of hydrogen-bond acceptors (Lipinski definition) is 20. The van der Waals surface area contributed by atoms with Gasteiger partial charge in [-0.25, -0.2) is 28.2 Å². The number of rotatable bonds is 25. The molecule has 2 amide bonds. The summed E-state index contributed by atoms with van der Waals surface area (Å²) in [5, 5.41) is 37.9. The largest absolute Gasteiger partial charge is 0.508 e. The van der Waals surface area contributed by atoms with E-state index in [1.54, 1.807) is 135 Å². The highest BCUT2D eigenvalue weighted by molar-refractivity contribution is 9.09. The van der Waals surface area contributed by atoms with Crippen LogP contribution in [-0.2, 0) is 47.8 Å². The Morgan fingerprint density at radius 3 is 1.16 bits per heavy atom. The van der Waals surface area contributed by atoms with Crippen LogP contribution in [0.3, 0.4) is 0 Å². The number of carboxylic acids is 3. The van der Waals surface area contributed by atoms with Crippen LogP contribution >= 0.6 is 39.1 Å². The van der Waals surface area contributed by atoms with Crippen molar-refractivity contribution in [2.75, 3.05) is 90.9 Å². The fourth-order valence-electron chi connectivity index (χ4n) is 8.60. The number of ketones is 1. The molecule has 30 heteroatoms. The summed E-state index contributed by atoms with van der Waals surface area (Å²) < 4.78 is 66.8. The summed E-state index contributed by atoms with van der Waals surface area (Å²) in [6.45, 7) is 7.34. The normalized spacial score (nSPS) is 11.7. The summed E-state index contributed by atoms with van der Waals surface area (Å²) >= 11 is 14.1. The quantitative estimate of drug-likeness (QED) is 0.0159. The fourth-order valence-corrected chi connectivity index (χ4v) is 8.99. The van der Waals surface area contributed by atoms with E-state index >= 15 is 0 Å². The zero-order valence-corrected chi connectivity index (χ0v) is 65.1. The van der Waals surface area contributed by atoms with Crippen molar-refractivity contribution >= 4 is 86.6 Å². The molecule has 0 radical (unpaired) electrons. The van der Waals surface area contributed by atoms with Crippen LogP contribution < -0.4 is 44.9 Å². The zero-order chi connectivity index (χ0) is 83.9. The van der Waals surface area contributed by atoms with Gasteiger partial charge in [0.15, 0.2) is 38.8 Å². The molecule has 2 aliphatic heterocycles. The van der Waals surface area contributed by atoms with Crippen LogP contribution in [0.2, 0.25) is 10.0 Å². The second kappa shape index (κ2) is 56.9. The van der Waals surface area contributed by atoms with Gasteiger partial charge < -0.3 is 69.4 Å². The number of carboxylic acid groups (broad SMARTS) is 3. The number of aliphatic carboxylic acids is 3. The first-order valence-corrected chi connectivity index (χ1v) is 35.9. The van der Waals surface area contributed by atoms with E-state index in [0.717, 1.165) is 85.6 Å². The van der Waals surface area contributed by atoms with Gasteiger partial charge in [-0.1, -0.05) is 68.7 Å². The van der Waals surface area contributed by atoms with E-state index < -0.39 is 29.5 Å². The number of piperidine rings is 2. The van der Waals surface area contributed by atoms with Crippen LogP contribution in [-0.4, -0.2) is 181 Å². The summed E-state index contributed by atoms with van der Waals surface area (Å²) in [5.41, 5.74) is 12.3. The third kappa shape index (κ3) is 46.1. The number of hydrazine groups is 1. The molecule has 0 unspecified atom stereocenters. The lowest BCUT2D eigenvalue weighted by molar-refractivity contribution is -0.145. The number of carbonyl (C=O) groups is 8. The van der Waals surface area contributed by atoms with Crippen molar-refractivity contribution in [3.05, 3.63) is 207 Å². The van der Waals surface area contributed by atoms with Gasteiger partial charge in [0.1, 0.15) is 63.8 Å². The first-order chi connectivity index (χ1) is 54.0. The number of phenolic OH excluding ortho intramolecular Hbond substituents is 1. The highest BCUT2D eigenvalue weighted by atomic mass is 79.9. The zero-order valence-electron chi connectivity index (χ0n) is 62.0. The van der Waals surface area contributed by atoms with Gasteiger partial charge in [-0.3, -0.25) is 34.3 Å². The van der Waals surface area contributed by atoms with Gasteiger partial charge in [0, 0.05) is 85.1 Å². The van der Waals surface area contributed by atoms with Gasteiger partial charge in [-0.15, -0.1) is 32.1 Å². The smallest absolute Gasteiger partial charge is 0.344 e. The summed E-state index contributed by atoms with van der Waals surface area (Å²) in [7, 11) is 0. The number of hydrogen-bond donors (Lipinski definition) is 7. The highest BCUT2D eigenvalue weighted by Gasteiger charge is 2.23. The molecule has 2 heterocycles. The summed E-state index contributed by atoms with van der Waals surface area (Å²) in [6, 6.07) is 42.1. The first kappa shape index (κ1) is 96.8. The molecule has 8 N–H and O–H groups in total. The Morgan fingerprint density at radius 1 is 0.487 bits per heavy atom. The van der Waals surface area contributed by atoms with Crippen LogP contribution in [0, 0.1) is 73.4 Å². The van der Waals surface area contributed by atoms with Crippen molar-refractivity contribution in [3.63, 3.8) is 0 Å². The number of likely N-dealkylation sites (tertiary alicyclic amines) is 1. The summed E-state index contributed by atoms with van der Waals surface area (Å²) in [5.74, 6) is 10.1. The summed E-state index contributed by atoms with van der Waals surface area (Å²) in [4.78, 5) is 88.4. The topological polar surface area (TPSA) is 348 Å². The van der Waals surface area contributed by atoms with Crippen molar-refractivity contribution in [2.45, 2.75) is 58.5 Å². The average Bonchev–Trinajstić information content (AvgIpc) is 0.890. The second-order valence-corrected chi connectivity index (χ2v) is 24.2. The van der Waals surface area contributed by atoms with E-state index in [9.17, 15) is 42.3 Å². The molecule has 0 spiro atoms. The Balaban J connectivity index is 0.000000467. The van der Waals surface area contributed by atoms with Crippen molar-refractivity contribution in [1.29, 1.82) is 0 Å². The number of ether oxygens (including phenoxy) is 8. The number of nitrogens with one attached hydrogen (secondary N) is 2. The molecule has 0 aliphatic carbocycles. The molecular weight excluding hydrogens is 1580 g/mol. The van der Waals surface area contributed by atoms with Crippen LogP contribution in [0.1, 0.15) is 74.3 Å². The molecule has 0 atom stereocenters. The number of alkyl halides is 1. The molecule has 2 aliphatic rings. The molecule has 25 nitrogen and oxygen atoms in total. The van der Waals surface area contributed by atoms with Crippen LogP contribution in [0.4, 0.5) is 8.78 Å². The van der Waals surface area contributed by atoms with E-state index in [-0.39, 0.29) is 115 Å². The Bertz CT molecular complexity index is 4250.